The number of benzene rings is 2. The lowest BCUT2D eigenvalue weighted by Crippen LogP contribution is -2.41. The number of nitrogens with two attached hydrogens (primary N) is 1. The van der Waals surface area contributed by atoms with Crippen molar-refractivity contribution in [3.05, 3.63) is 42.0 Å². The van der Waals surface area contributed by atoms with Crippen LogP contribution in [0.15, 0.2) is 36.4 Å². The van der Waals surface area contributed by atoms with Gasteiger partial charge in [-0.1, -0.05) is 32.1 Å². The van der Waals surface area contributed by atoms with Crippen LogP contribution >= 0.6 is 0 Å². The fourth-order valence-corrected chi connectivity index (χ4v) is 7.39. The molecular formula is C35H47N7O3. The number of amides is 3. The van der Waals surface area contributed by atoms with Gasteiger partial charge in [-0.3, -0.25) is 14.4 Å². The molecule has 6 rings (SSSR count). The van der Waals surface area contributed by atoms with Gasteiger partial charge < -0.3 is 30.3 Å². The maximum atomic E-state index is 14.0. The molecule has 3 aliphatic rings. The van der Waals surface area contributed by atoms with E-state index in [1.807, 2.05) is 24.3 Å². The fraction of sp³-hybridized carbons (Fsp3) is 0.543. The minimum Gasteiger partial charge on any atom is -0.375 e. The van der Waals surface area contributed by atoms with E-state index >= 15 is 0 Å². The van der Waals surface area contributed by atoms with Crippen molar-refractivity contribution in [1.82, 2.24) is 19.4 Å². The van der Waals surface area contributed by atoms with E-state index in [-0.39, 0.29) is 23.6 Å². The molecule has 2 aromatic carbocycles. The van der Waals surface area contributed by atoms with Crippen LogP contribution in [0.4, 0.5) is 11.4 Å². The molecule has 1 aromatic heterocycles. The Morgan fingerprint density at radius 1 is 0.978 bits per heavy atom. The van der Waals surface area contributed by atoms with E-state index in [0.29, 0.717) is 42.9 Å². The van der Waals surface area contributed by atoms with E-state index in [0.717, 1.165) is 67.1 Å². The monoisotopic (exact) mass is 613 g/mol. The Labute approximate surface area is 265 Å². The number of fused-ring (bicyclic) bond motifs is 5. The zero-order valence-corrected chi connectivity index (χ0v) is 26.9. The Morgan fingerprint density at radius 2 is 1.73 bits per heavy atom. The van der Waals surface area contributed by atoms with Gasteiger partial charge in [0.2, 0.25) is 11.8 Å². The molecule has 10 nitrogen and oxygen atoms in total. The van der Waals surface area contributed by atoms with Gasteiger partial charge in [0.25, 0.3) is 5.91 Å². The number of anilines is 2. The molecule has 3 heterocycles. The third kappa shape index (κ3) is 6.57. The van der Waals surface area contributed by atoms with Crippen LogP contribution in [0.25, 0.3) is 22.4 Å². The van der Waals surface area contributed by atoms with Crippen molar-refractivity contribution in [2.45, 2.75) is 63.8 Å². The molecule has 240 valence electrons. The van der Waals surface area contributed by atoms with Gasteiger partial charge in [0.15, 0.2) is 0 Å². The molecule has 2 aliphatic heterocycles. The van der Waals surface area contributed by atoms with Crippen LogP contribution in [-0.4, -0.2) is 84.4 Å². The maximum absolute atomic E-state index is 14.0. The van der Waals surface area contributed by atoms with Gasteiger partial charge in [-0.2, -0.15) is 0 Å². The first-order chi connectivity index (χ1) is 21.7. The third-order valence-corrected chi connectivity index (χ3v) is 10.1. The van der Waals surface area contributed by atoms with Gasteiger partial charge in [0, 0.05) is 49.4 Å². The van der Waals surface area contributed by atoms with Crippen LogP contribution in [-0.2, 0) is 9.59 Å². The van der Waals surface area contributed by atoms with Gasteiger partial charge in [0.05, 0.1) is 16.7 Å². The number of nitrogens with zero attached hydrogens (tertiary/aromatic N) is 5. The van der Waals surface area contributed by atoms with Crippen molar-refractivity contribution in [3.8, 4) is 11.4 Å². The summed E-state index contributed by atoms with van der Waals surface area (Å²) < 4.78 is 2.13. The minimum absolute atomic E-state index is 0.00978. The smallest absolute Gasteiger partial charge is 0.253 e. The quantitative estimate of drug-likeness (QED) is 0.355. The Hall–Kier alpha value is -3.92. The van der Waals surface area contributed by atoms with E-state index in [1.165, 1.54) is 19.3 Å². The second-order valence-corrected chi connectivity index (χ2v) is 13.5. The number of hydrogen-bond acceptors (Lipinski definition) is 6. The molecule has 0 radical (unpaired) electrons. The predicted octanol–water partition coefficient (Wildman–Crippen LogP) is 4.89. The van der Waals surface area contributed by atoms with Gasteiger partial charge in [-0.25, -0.2) is 4.98 Å². The third-order valence-electron chi connectivity index (χ3n) is 10.1. The first kappa shape index (κ1) is 31.1. The molecule has 1 saturated heterocycles. The predicted molar refractivity (Wildman–Crippen MR) is 178 cm³/mol. The summed E-state index contributed by atoms with van der Waals surface area (Å²) in [7, 11) is 6.28. The first-order valence-electron chi connectivity index (χ1n) is 16.6. The molecule has 2 fully saturated rings. The number of hydrogen-bond donors (Lipinski definition) is 2. The van der Waals surface area contributed by atoms with E-state index < -0.39 is 6.04 Å². The summed E-state index contributed by atoms with van der Waals surface area (Å²) in [5.41, 5.74) is 10.4. The molecule has 0 spiro atoms. The molecule has 3 amide bonds. The maximum Gasteiger partial charge on any atom is 0.253 e. The summed E-state index contributed by atoms with van der Waals surface area (Å²) in [6.45, 7) is 2.93. The number of carbonyl (C=O) groups is 3. The lowest BCUT2D eigenvalue weighted by molar-refractivity contribution is -0.123. The number of nitrogens with one attached hydrogen (secondary N) is 1. The highest BCUT2D eigenvalue weighted by Gasteiger charge is 2.34. The van der Waals surface area contributed by atoms with E-state index in [9.17, 15) is 14.4 Å². The summed E-state index contributed by atoms with van der Waals surface area (Å²) >= 11 is 0. The molecule has 45 heavy (non-hydrogen) atoms. The summed E-state index contributed by atoms with van der Waals surface area (Å²) in [5.74, 6) is 0.701. The van der Waals surface area contributed by atoms with Gasteiger partial charge in [0.1, 0.15) is 11.9 Å². The highest BCUT2D eigenvalue weighted by Crippen LogP contribution is 2.42. The van der Waals surface area contributed by atoms with Crippen LogP contribution < -0.4 is 16.0 Å². The largest absolute Gasteiger partial charge is 0.375 e. The number of imidazole rings is 1. The Morgan fingerprint density at radius 3 is 2.44 bits per heavy atom. The van der Waals surface area contributed by atoms with Crippen molar-refractivity contribution in [1.29, 1.82) is 0 Å². The minimum atomic E-state index is -0.392. The van der Waals surface area contributed by atoms with Gasteiger partial charge >= 0.3 is 0 Å². The highest BCUT2D eigenvalue weighted by molar-refractivity contribution is 6.03. The fourth-order valence-electron chi connectivity index (χ4n) is 7.39. The Bertz CT molecular complexity index is 1570. The second kappa shape index (κ2) is 13.2. The molecule has 1 aliphatic carbocycles. The van der Waals surface area contributed by atoms with Crippen LogP contribution in [0.5, 0.6) is 0 Å². The lowest BCUT2D eigenvalue weighted by Gasteiger charge is -2.30. The molecule has 1 saturated carbocycles. The standard InChI is InChI=1S/C35H47N7O3/c1-39(2)16-7-17-40(3)26-11-12-28-27(22-26)33-37-29-21-25(35(45)41-18-14-24(15-19-41)32(36)43)10-13-30(29)42(33)31(34(44)38-28)20-23-8-5-4-6-9-23/h10-13,21-24,31H,4-9,14-20H2,1-3H3,(H2,36,43)(H,38,44)/t31-/m0/s1. The lowest BCUT2D eigenvalue weighted by atomic mass is 9.84. The van der Waals surface area contributed by atoms with E-state index in [1.54, 1.807) is 4.90 Å². The number of aromatic nitrogens is 2. The molecule has 0 bridgehead atoms. The number of rotatable bonds is 9. The van der Waals surface area contributed by atoms with Crippen molar-refractivity contribution < 1.29 is 14.4 Å². The van der Waals surface area contributed by atoms with Crippen molar-refractivity contribution in [3.63, 3.8) is 0 Å². The highest BCUT2D eigenvalue weighted by atomic mass is 16.2. The molecule has 3 N–H and O–H groups in total. The molecule has 10 heteroatoms. The number of likely N-dealkylation sites (tertiary alicyclic amines) is 1. The summed E-state index contributed by atoms with van der Waals surface area (Å²) in [6.07, 6.45) is 8.95. The average molecular weight is 614 g/mol. The number of primary amides is 1. The number of carbonyl (C=O) groups excluding carboxylic acids is 3. The summed E-state index contributed by atoms with van der Waals surface area (Å²) in [4.78, 5) is 50.5. The van der Waals surface area contributed by atoms with Crippen molar-refractivity contribution in [2.75, 3.05) is 57.5 Å². The molecule has 1 atom stereocenters. The normalized spacial score (nSPS) is 19.2. The zero-order valence-electron chi connectivity index (χ0n) is 26.9. The van der Waals surface area contributed by atoms with Crippen LogP contribution in [0.2, 0.25) is 0 Å². The van der Waals surface area contributed by atoms with E-state index in [4.69, 9.17) is 10.7 Å². The van der Waals surface area contributed by atoms with Gasteiger partial charge in [-0.15, -0.1) is 0 Å². The first-order valence-corrected chi connectivity index (χ1v) is 16.6. The second-order valence-electron chi connectivity index (χ2n) is 13.5. The summed E-state index contributed by atoms with van der Waals surface area (Å²) in [6, 6.07) is 11.5. The zero-order chi connectivity index (χ0) is 31.7. The average Bonchev–Trinajstić information content (AvgIpc) is 3.37. The summed E-state index contributed by atoms with van der Waals surface area (Å²) in [5, 5.41) is 3.25. The SMILES string of the molecule is CN(C)CCCN(C)c1ccc2c(c1)-c1nc3cc(C(=O)N4CCC(C(N)=O)CC4)ccc3n1[C@@H](CC1CCCCC1)C(=O)N2. The van der Waals surface area contributed by atoms with Crippen LogP contribution in [0.1, 0.15) is 74.2 Å². The number of piperidine rings is 1. The topological polar surface area (TPSA) is 117 Å². The van der Waals surface area contributed by atoms with E-state index in [2.05, 4.69) is 53.0 Å². The van der Waals surface area contributed by atoms with Gasteiger partial charge in [-0.05, 0) is 88.6 Å². The Kier molecular flexibility index (Phi) is 9.12. The Balaban J connectivity index is 1.37. The molecule has 0 unspecified atom stereocenters. The molecular weight excluding hydrogens is 566 g/mol. The van der Waals surface area contributed by atoms with Crippen molar-refractivity contribution in [2.24, 2.45) is 17.6 Å². The van der Waals surface area contributed by atoms with Crippen molar-refractivity contribution >= 4 is 40.1 Å². The van der Waals surface area contributed by atoms with Crippen LogP contribution in [0, 0.1) is 11.8 Å². The molecule has 3 aromatic rings. The van der Waals surface area contributed by atoms with Crippen LogP contribution in [0.3, 0.4) is 0 Å².